The number of hydrogen-bond acceptors (Lipinski definition) is 4. The first kappa shape index (κ1) is 19.6. The van der Waals surface area contributed by atoms with Crippen molar-refractivity contribution in [1.29, 1.82) is 0 Å². The molecule has 2 amide bonds. The lowest BCUT2D eigenvalue weighted by atomic mass is 9.97. The molecular formula is C17H25N3O4. The van der Waals surface area contributed by atoms with Gasteiger partial charge in [-0.3, -0.25) is 14.6 Å². The summed E-state index contributed by atoms with van der Waals surface area (Å²) in [7, 11) is 0. The Morgan fingerprint density at radius 2 is 1.79 bits per heavy atom. The minimum Gasteiger partial charge on any atom is -0.480 e. The number of aromatic nitrogens is 1. The van der Waals surface area contributed by atoms with Crippen LogP contribution in [0.1, 0.15) is 50.4 Å². The van der Waals surface area contributed by atoms with Gasteiger partial charge in [0.2, 0.25) is 5.91 Å². The minimum atomic E-state index is -1.08. The molecule has 1 rings (SSSR count). The molecule has 2 unspecified atom stereocenters. The SMILES string of the molecule is CCC[C@H](NC(=O)C(NC(=O)c1ccncc1)C(C)CC)C(=O)O. The van der Waals surface area contributed by atoms with E-state index in [4.69, 9.17) is 0 Å². The van der Waals surface area contributed by atoms with Crippen LogP contribution >= 0.6 is 0 Å². The van der Waals surface area contributed by atoms with Crippen LogP contribution in [0, 0.1) is 5.92 Å². The van der Waals surface area contributed by atoms with Crippen molar-refractivity contribution in [3.05, 3.63) is 30.1 Å². The summed E-state index contributed by atoms with van der Waals surface area (Å²) >= 11 is 0. The molecule has 0 aliphatic carbocycles. The zero-order chi connectivity index (χ0) is 18.1. The molecule has 0 fully saturated rings. The van der Waals surface area contributed by atoms with Gasteiger partial charge in [-0.25, -0.2) is 4.79 Å². The standard InChI is InChI=1S/C17H25N3O4/c1-4-6-13(17(23)24)19-16(22)14(11(3)5-2)20-15(21)12-7-9-18-10-8-12/h7-11,13-14H,4-6H2,1-3H3,(H,19,22)(H,20,21)(H,23,24)/t11?,13-,14?/m0/s1. The summed E-state index contributed by atoms with van der Waals surface area (Å²) in [5.41, 5.74) is 0.398. The lowest BCUT2D eigenvalue weighted by molar-refractivity contribution is -0.142. The summed E-state index contributed by atoms with van der Waals surface area (Å²) in [6.07, 6.45) is 4.63. The van der Waals surface area contributed by atoms with E-state index in [9.17, 15) is 19.5 Å². The predicted molar refractivity (Wildman–Crippen MR) is 89.4 cm³/mol. The van der Waals surface area contributed by atoms with Gasteiger partial charge in [0.05, 0.1) is 0 Å². The normalized spacial score (nSPS) is 14.3. The van der Waals surface area contributed by atoms with Crippen LogP contribution < -0.4 is 10.6 Å². The van der Waals surface area contributed by atoms with Crippen LogP contribution in [0.4, 0.5) is 0 Å². The molecule has 7 heteroatoms. The molecule has 0 bridgehead atoms. The maximum absolute atomic E-state index is 12.5. The first-order valence-electron chi connectivity index (χ1n) is 8.14. The van der Waals surface area contributed by atoms with Gasteiger partial charge in [-0.2, -0.15) is 0 Å². The molecular weight excluding hydrogens is 310 g/mol. The first-order chi connectivity index (χ1) is 11.4. The Morgan fingerprint density at radius 1 is 1.17 bits per heavy atom. The highest BCUT2D eigenvalue weighted by atomic mass is 16.4. The van der Waals surface area contributed by atoms with Crippen LogP contribution in [0.3, 0.4) is 0 Å². The third-order valence-electron chi connectivity index (χ3n) is 3.92. The molecule has 0 aliphatic rings. The predicted octanol–water partition coefficient (Wildman–Crippen LogP) is 1.60. The number of carbonyl (C=O) groups excluding carboxylic acids is 2. The Kier molecular flexibility index (Phi) is 7.88. The second-order valence-electron chi connectivity index (χ2n) is 5.76. The second kappa shape index (κ2) is 9.64. The molecule has 1 heterocycles. The fourth-order valence-electron chi connectivity index (χ4n) is 2.24. The van der Waals surface area contributed by atoms with E-state index >= 15 is 0 Å². The Balaban J connectivity index is 2.86. The van der Waals surface area contributed by atoms with Gasteiger partial charge in [-0.15, -0.1) is 0 Å². The van der Waals surface area contributed by atoms with Gasteiger partial charge in [-0.1, -0.05) is 33.6 Å². The van der Waals surface area contributed by atoms with E-state index in [2.05, 4.69) is 15.6 Å². The Hall–Kier alpha value is -2.44. The zero-order valence-corrected chi connectivity index (χ0v) is 14.3. The molecule has 0 aromatic carbocycles. The van der Waals surface area contributed by atoms with Gasteiger partial charge >= 0.3 is 5.97 Å². The van der Waals surface area contributed by atoms with Gasteiger partial charge < -0.3 is 15.7 Å². The summed E-state index contributed by atoms with van der Waals surface area (Å²) in [6, 6.07) is 1.36. The average molecular weight is 335 g/mol. The number of pyridine rings is 1. The number of aliphatic carboxylic acids is 1. The highest BCUT2D eigenvalue weighted by Crippen LogP contribution is 2.10. The molecule has 1 aromatic heterocycles. The number of rotatable bonds is 9. The minimum absolute atomic E-state index is 0.133. The maximum Gasteiger partial charge on any atom is 0.326 e. The average Bonchev–Trinajstić information content (AvgIpc) is 2.58. The topological polar surface area (TPSA) is 108 Å². The van der Waals surface area contributed by atoms with Crippen molar-refractivity contribution < 1.29 is 19.5 Å². The zero-order valence-electron chi connectivity index (χ0n) is 14.3. The number of carboxylic acid groups (broad SMARTS) is 1. The van der Waals surface area contributed by atoms with Gasteiger partial charge in [0.15, 0.2) is 0 Å². The van der Waals surface area contributed by atoms with Gasteiger partial charge in [0, 0.05) is 18.0 Å². The smallest absolute Gasteiger partial charge is 0.326 e. The first-order valence-corrected chi connectivity index (χ1v) is 8.14. The van der Waals surface area contributed by atoms with Crippen LogP contribution in [0.5, 0.6) is 0 Å². The number of amides is 2. The quantitative estimate of drug-likeness (QED) is 0.635. The molecule has 0 spiro atoms. The highest BCUT2D eigenvalue weighted by molar-refractivity contribution is 5.98. The van der Waals surface area contributed by atoms with Crippen molar-refractivity contribution in [1.82, 2.24) is 15.6 Å². The number of carbonyl (C=O) groups is 3. The summed E-state index contributed by atoms with van der Waals surface area (Å²) in [4.78, 5) is 39.9. The van der Waals surface area contributed by atoms with Crippen molar-refractivity contribution in [3.63, 3.8) is 0 Å². The number of nitrogens with zero attached hydrogens (tertiary/aromatic N) is 1. The number of hydrogen-bond donors (Lipinski definition) is 3. The van der Waals surface area contributed by atoms with Crippen LogP contribution in [0.15, 0.2) is 24.5 Å². The molecule has 132 valence electrons. The van der Waals surface area contributed by atoms with Crippen molar-refractivity contribution in [2.45, 2.75) is 52.1 Å². The van der Waals surface area contributed by atoms with Crippen LogP contribution in [-0.4, -0.2) is 40.0 Å². The molecule has 0 saturated carbocycles. The van der Waals surface area contributed by atoms with Gasteiger partial charge in [0.1, 0.15) is 12.1 Å². The lowest BCUT2D eigenvalue weighted by Gasteiger charge is -2.25. The number of carboxylic acids is 1. The molecule has 0 aliphatic heterocycles. The maximum atomic E-state index is 12.5. The highest BCUT2D eigenvalue weighted by Gasteiger charge is 2.29. The monoisotopic (exact) mass is 335 g/mol. The van der Waals surface area contributed by atoms with E-state index in [1.54, 1.807) is 12.1 Å². The molecule has 3 N–H and O–H groups in total. The third kappa shape index (κ3) is 5.64. The molecule has 24 heavy (non-hydrogen) atoms. The molecule has 7 nitrogen and oxygen atoms in total. The van der Waals surface area contributed by atoms with Crippen LogP contribution in [0.2, 0.25) is 0 Å². The fraction of sp³-hybridized carbons (Fsp3) is 0.529. The van der Waals surface area contributed by atoms with Crippen molar-refractivity contribution in [2.75, 3.05) is 0 Å². The van der Waals surface area contributed by atoms with Gasteiger partial charge in [0.25, 0.3) is 5.91 Å². The summed E-state index contributed by atoms with van der Waals surface area (Å²) in [5, 5.41) is 14.4. The van der Waals surface area contributed by atoms with Crippen molar-refractivity contribution >= 4 is 17.8 Å². The van der Waals surface area contributed by atoms with Crippen LogP contribution in [-0.2, 0) is 9.59 Å². The molecule has 1 aromatic rings. The van der Waals surface area contributed by atoms with E-state index < -0.39 is 24.0 Å². The Morgan fingerprint density at radius 3 is 2.29 bits per heavy atom. The van der Waals surface area contributed by atoms with Gasteiger partial charge in [-0.05, 0) is 24.5 Å². The lowest BCUT2D eigenvalue weighted by Crippen LogP contribution is -2.54. The second-order valence-corrected chi connectivity index (χ2v) is 5.76. The summed E-state index contributed by atoms with van der Waals surface area (Å²) < 4.78 is 0. The third-order valence-corrected chi connectivity index (χ3v) is 3.92. The van der Waals surface area contributed by atoms with E-state index in [1.807, 2.05) is 20.8 Å². The fourth-order valence-corrected chi connectivity index (χ4v) is 2.24. The Labute approximate surface area is 141 Å². The van der Waals surface area contributed by atoms with E-state index in [1.165, 1.54) is 12.4 Å². The summed E-state index contributed by atoms with van der Waals surface area (Å²) in [5.74, 6) is -2.08. The molecule has 3 atom stereocenters. The van der Waals surface area contributed by atoms with E-state index in [0.29, 0.717) is 24.8 Å². The van der Waals surface area contributed by atoms with E-state index in [0.717, 1.165) is 0 Å². The number of nitrogens with one attached hydrogen (secondary N) is 2. The van der Waals surface area contributed by atoms with E-state index in [-0.39, 0.29) is 11.8 Å². The van der Waals surface area contributed by atoms with Crippen molar-refractivity contribution in [2.24, 2.45) is 5.92 Å². The van der Waals surface area contributed by atoms with Crippen molar-refractivity contribution in [3.8, 4) is 0 Å². The summed E-state index contributed by atoms with van der Waals surface area (Å²) in [6.45, 7) is 5.59. The largest absolute Gasteiger partial charge is 0.480 e. The molecule has 0 radical (unpaired) electrons. The Bertz CT molecular complexity index is 562. The van der Waals surface area contributed by atoms with Crippen LogP contribution in [0.25, 0.3) is 0 Å². The molecule has 0 saturated heterocycles.